The third kappa shape index (κ3) is 2.77. The normalized spacial score (nSPS) is 10.7. The van der Waals surface area contributed by atoms with Gasteiger partial charge in [-0.2, -0.15) is 0 Å². The third-order valence-electron chi connectivity index (χ3n) is 2.51. The predicted octanol–water partition coefficient (Wildman–Crippen LogP) is 4.68. The molecule has 0 spiro atoms. The van der Waals surface area contributed by atoms with Gasteiger partial charge in [-0.05, 0) is 31.2 Å². The Balaban J connectivity index is 1.76. The van der Waals surface area contributed by atoms with Gasteiger partial charge in [0, 0.05) is 5.38 Å². The summed E-state index contributed by atoms with van der Waals surface area (Å²) in [5.41, 5.74) is 0.711. The average molecular weight is 325 g/mol. The Bertz CT molecular complexity index is 760. The first-order chi connectivity index (χ1) is 9.61. The van der Waals surface area contributed by atoms with Gasteiger partial charge in [-0.1, -0.05) is 11.6 Å². The maximum Gasteiger partial charge on any atom is 0.267 e. The highest BCUT2D eigenvalue weighted by molar-refractivity contribution is 7.18. The van der Waals surface area contributed by atoms with Crippen molar-refractivity contribution in [3.8, 4) is 11.5 Å². The molecule has 3 rings (SSSR count). The van der Waals surface area contributed by atoms with E-state index in [1.807, 2.05) is 24.4 Å². The fourth-order valence-electron chi connectivity index (χ4n) is 1.61. The molecule has 3 aromatic heterocycles. The van der Waals surface area contributed by atoms with Gasteiger partial charge >= 0.3 is 0 Å². The molecule has 1 N–H and O–H groups in total. The molecule has 102 valence electrons. The summed E-state index contributed by atoms with van der Waals surface area (Å²) in [6, 6.07) is 7.11. The second-order valence-corrected chi connectivity index (χ2v) is 6.58. The Morgan fingerprint density at radius 1 is 1.35 bits per heavy atom. The summed E-state index contributed by atoms with van der Waals surface area (Å²) in [5, 5.41) is 5.12. The van der Waals surface area contributed by atoms with Crippen LogP contribution in [0.4, 0.5) is 5.13 Å². The van der Waals surface area contributed by atoms with Gasteiger partial charge in [0.05, 0.1) is 9.21 Å². The van der Waals surface area contributed by atoms with E-state index in [1.165, 1.54) is 22.7 Å². The first-order valence-electron chi connectivity index (χ1n) is 5.71. The first kappa shape index (κ1) is 13.4. The van der Waals surface area contributed by atoms with Crippen molar-refractivity contribution in [3.05, 3.63) is 44.6 Å². The molecule has 0 aliphatic heterocycles. The maximum atomic E-state index is 12.0. The highest BCUT2D eigenvalue weighted by atomic mass is 35.5. The first-order valence-corrected chi connectivity index (χ1v) is 7.78. The fourth-order valence-corrected chi connectivity index (χ4v) is 3.24. The molecule has 0 atom stereocenters. The molecule has 7 heteroatoms. The van der Waals surface area contributed by atoms with Crippen molar-refractivity contribution in [2.24, 2.45) is 0 Å². The number of aryl methyl sites for hydroxylation is 1. The lowest BCUT2D eigenvalue weighted by molar-refractivity contribution is 0.103. The lowest BCUT2D eigenvalue weighted by atomic mass is 10.4. The van der Waals surface area contributed by atoms with Crippen molar-refractivity contribution in [1.82, 2.24) is 4.98 Å². The van der Waals surface area contributed by atoms with Crippen LogP contribution >= 0.6 is 34.3 Å². The minimum Gasteiger partial charge on any atom is -0.460 e. The summed E-state index contributed by atoms with van der Waals surface area (Å²) in [7, 11) is 0. The van der Waals surface area contributed by atoms with Crippen molar-refractivity contribution in [2.75, 3.05) is 5.32 Å². The monoisotopic (exact) mass is 324 g/mol. The number of thiophene rings is 1. The van der Waals surface area contributed by atoms with Gasteiger partial charge in [-0.25, -0.2) is 4.98 Å². The summed E-state index contributed by atoms with van der Waals surface area (Å²) < 4.78 is 6.08. The lowest BCUT2D eigenvalue weighted by Gasteiger charge is -1.97. The molecule has 0 unspecified atom stereocenters. The molecule has 0 aromatic carbocycles. The molecule has 1 amide bonds. The van der Waals surface area contributed by atoms with E-state index in [-0.39, 0.29) is 5.91 Å². The second-order valence-electron chi connectivity index (χ2n) is 4.01. The molecule has 20 heavy (non-hydrogen) atoms. The van der Waals surface area contributed by atoms with Gasteiger partial charge in [0.1, 0.15) is 11.5 Å². The Kier molecular flexibility index (Phi) is 3.60. The van der Waals surface area contributed by atoms with Crippen LogP contribution in [0.2, 0.25) is 4.34 Å². The number of thiazole rings is 1. The van der Waals surface area contributed by atoms with Crippen LogP contribution in [0.1, 0.15) is 15.4 Å². The standard InChI is InChI=1S/C13H9ClN2O2S2/c1-7-2-3-9(18-7)8-6-19-13(15-8)16-12(17)10-4-5-11(14)20-10/h2-6H,1H3,(H,15,16,17). The van der Waals surface area contributed by atoms with Crippen LogP contribution in [-0.4, -0.2) is 10.9 Å². The highest BCUT2D eigenvalue weighted by Gasteiger charge is 2.13. The fraction of sp³-hybridized carbons (Fsp3) is 0.0769. The summed E-state index contributed by atoms with van der Waals surface area (Å²) >= 11 is 8.39. The molecule has 0 bridgehead atoms. The maximum absolute atomic E-state index is 12.0. The van der Waals surface area contributed by atoms with Gasteiger partial charge in [-0.3, -0.25) is 10.1 Å². The van der Waals surface area contributed by atoms with Crippen molar-refractivity contribution >= 4 is 45.3 Å². The van der Waals surface area contributed by atoms with Gasteiger partial charge in [-0.15, -0.1) is 22.7 Å². The molecular weight excluding hydrogens is 316 g/mol. The predicted molar refractivity (Wildman–Crippen MR) is 81.8 cm³/mol. The van der Waals surface area contributed by atoms with Crippen molar-refractivity contribution in [2.45, 2.75) is 6.92 Å². The third-order valence-corrected chi connectivity index (χ3v) is 4.50. The quantitative estimate of drug-likeness (QED) is 0.761. The van der Waals surface area contributed by atoms with Crippen LogP contribution in [0.3, 0.4) is 0 Å². The minimum atomic E-state index is -0.210. The molecule has 0 fully saturated rings. The molecule has 4 nitrogen and oxygen atoms in total. The van der Waals surface area contributed by atoms with Crippen molar-refractivity contribution < 1.29 is 9.21 Å². The number of furan rings is 1. The summed E-state index contributed by atoms with van der Waals surface area (Å²) in [6.45, 7) is 1.87. The van der Waals surface area contributed by atoms with E-state index in [9.17, 15) is 4.79 Å². The number of anilines is 1. The smallest absolute Gasteiger partial charge is 0.267 e. The number of carbonyl (C=O) groups is 1. The van der Waals surface area contributed by atoms with Crippen LogP contribution in [0.15, 0.2) is 34.1 Å². The van der Waals surface area contributed by atoms with Crippen molar-refractivity contribution in [1.29, 1.82) is 0 Å². The number of carbonyl (C=O) groups excluding carboxylic acids is 1. The number of halogens is 1. The molecule has 0 aliphatic carbocycles. The molecule has 0 saturated carbocycles. The van der Waals surface area contributed by atoms with Gasteiger partial charge in [0.15, 0.2) is 10.9 Å². The summed E-state index contributed by atoms with van der Waals surface area (Å²) in [6.07, 6.45) is 0. The summed E-state index contributed by atoms with van der Waals surface area (Å²) in [5.74, 6) is 1.31. The zero-order chi connectivity index (χ0) is 14.1. The number of hydrogen-bond acceptors (Lipinski definition) is 5. The number of nitrogens with zero attached hydrogens (tertiary/aromatic N) is 1. The topological polar surface area (TPSA) is 55.1 Å². The van der Waals surface area contributed by atoms with E-state index in [0.717, 1.165) is 5.76 Å². The Hall–Kier alpha value is -1.63. The minimum absolute atomic E-state index is 0.210. The van der Waals surface area contributed by atoms with E-state index in [0.29, 0.717) is 25.8 Å². The Morgan fingerprint density at radius 3 is 2.85 bits per heavy atom. The number of nitrogens with one attached hydrogen (secondary N) is 1. The van der Waals surface area contributed by atoms with Crippen LogP contribution < -0.4 is 5.32 Å². The molecular formula is C13H9ClN2O2S2. The largest absolute Gasteiger partial charge is 0.460 e. The van der Waals surface area contributed by atoms with Gasteiger partial charge < -0.3 is 4.42 Å². The van der Waals surface area contributed by atoms with E-state index in [2.05, 4.69) is 10.3 Å². The SMILES string of the molecule is Cc1ccc(-c2csc(NC(=O)c3ccc(Cl)s3)n2)o1. The average Bonchev–Trinajstić information content (AvgIpc) is 3.10. The number of rotatable bonds is 3. The second kappa shape index (κ2) is 5.40. The molecule has 0 saturated heterocycles. The van der Waals surface area contributed by atoms with Crippen LogP contribution in [0.25, 0.3) is 11.5 Å². The Labute approximate surface area is 128 Å². The van der Waals surface area contributed by atoms with Crippen LogP contribution in [-0.2, 0) is 0 Å². The lowest BCUT2D eigenvalue weighted by Crippen LogP contribution is -2.09. The summed E-state index contributed by atoms with van der Waals surface area (Å²) in [4.78, 5) is 16.8. The highest BCUT2D eigenvalue weighted by Crippen LogP contribution is 2.27. The van der Waals surface area contributed by atoms with E-state index in [1.54, 1.807) is 12.1 Å². The zero-order valence-corrected chi connectivity index (χ0v) is 12.7. The molecule has 0 radical (unpaired) electrons. The van der Waals surface area contributed by atoms with E-state index < -0.39 is 0 Å². The van der Waals surface area contributed by atoms with E-state index in [4.69, 9.17) is 16.0 Å². The number of hydrogen-bond donors (Lipinski definition) is 1. The zero-order valence-electron chi connectivity index (χ0n) is 10.3. The van der Waals surface area contributed by atoms with E-state index >= 15 is 0 Å². The molecule has 3 aromatic rings. The van der Waals surface area contributed by atoms with Crippen LogP contribution in [0.5, 0.6) is 0 Å². The van der Waals surface area contributed by atoms with Crippen molar-refractivity contribution in [3.63, 3.8) is 0 Å². The number of amides is 1. The molecule has 0 aliphatic rings. The van der Waals surface area contributed by atoms with Crippen LogP contribution in [0, 0.1) is 6.92 Å². The van der Waals surface area contributed by atoms with Gasteiger partial charge in [0.2, 0.25) is 0 Å². The molecule has 3 heterocycles. The number of aromatic nitrogens is 1. The van der Waals surface area contributed by atoms with Gasteiger partial charge in [0.25, 0.3) is 5.91 Å². The Morgan fingerprint density at radius 2 is 2.20 bits per heavy atom.